The Labute approximate surface area is 122 Å². The lowest BCUT2D eigenvalue weighted by atomic mass is 9.91. The van der Waals surface area contributed by atoms with Crippen molar-refractivity contribution in [3.05, 3.63) is 18.3 Å². The molecule has 1 amide bonds. The minimum Gasteiger partial charge on any atom is -0.475 e. The van der Waals surface area contributed by atoms with E-state index in [0.29, 0.717) is 11.6 Å². The quantitative estimate of drug-likeness (QED) is 0.854. The van der Waals surface area contributed by atoms with Crippen LogP contribution >= 0.6 is 0 Å². The van der Waals surface area contributed by atoms with E-state index in [0.717, 1.165) is 0 Å². The Balaban J connectivity index is 1.97. The zero-order chi connectivity index (χ0) is 15.5. The molecule has 7 heteroatoms. The van der Waals surface area contributed by atoms with E-state index in [1.807, 2.05) is 13.8 Å². The summed E-state index contributed by atoms with van der Waals surface area (Å²) in [5.41, 5.74) is -0.379. The number of rotatable bonds is 4. The number of anilines is 1. The summed E-state index contributed by atoms with van der Waals surface area (Å²) in [6, 6.07) is 3.37. The van der Waals surface area contributed by atoms with Gasteiger partial charge in [-0.05, 0) is 26.8 Å². The van der Waals surface area contributed by atoms with Crippen LogP contribution in [-0.2, 0) is 14.3 Å². The highest BCUT2D eigenvalue weighted by molar-refractivity contribution is 5.95. The topological polar surface area (TPSA) is 86.8 Å². The molecule has 0 radical (unpaired) electrons. The fourth-order valence-corrected chi connectivity index (χ4v) is 1.70. The number of aromatic nitrogens is 1. The molecule has 0 spiro atoms. The third-order valence-corrected chi connectivity index (χ3v) is 2.92. The fraction of sp³-hybridized carbons (Fsp3) is 0.500. The van der Waals surface area contributed by atoms with Gasteiger partial charge in [0.2, 0.25) is 11.8 Å². The van der Waals surface area contributed by atoms with Gasteiger partial charge in [-0.1, -0.05) is 0 Å². The second-order valence-corrected chi connectivity index (χ2v) is 5.39. The van der Waals surface area contributed by atoms with Gasteiger partial charge in [-0.25, -0.2) is 9.78 Å². The number of carbonyl (C=O) groups excluding carboxylic acids is 2. The second kappa shape index (κ2) is 5.99. The van der Waals surface area contributed by atoms with E-state index < -0.39 is 11.6 Å². The summed E-state index contributed by atoms with van der Waals surface area (Å²) in [5, 5.41) is 2.72. The Morgan fingerprint density at radius 2 is 2.05 bits per heavy atom. The van der Waals surface area contributed by atoms with Crippen molar-refractivity contribution in [3.63, 3.8) is 0 Å². The predicted octanol–water partition coefficient (Wildman–Crippen LogP) is 1.98. The number of hydrogen-bond acceptors (Lipinski definition) is 6. The molecule has 1 aliphatic rings. The smallest absolute Gasteiger partial charge is 0.475 e. The van der Waals surface area contributed by atoms with Gasteiger partial charge < -0.3 is 19.5 Å². The molecule has 1 saturated heterocycles. The Morgan fingerprint density at radius 3 is 2.57 bits per heavy atom. The lowest BCUT2D eigenvalue weighted by molar-refractivity contribution is -0.135. The molecule has 1 aliphatic heterocycles. The molecule has 21 heavy (non-hydrogen) atoms. The first-order valence-electron chi connectivity index (χ1n) is 6.63. The number of cyclic esters (lactones) is 2. The van der Waals surface area contributed by atoms with Crippen LogP contribution in [0.15, 0.2) is 18.3 Å². The van der Waals surface area contributed by atoms with Gasteiger partial charge in [0.15, 0.2) is 0 Å². The van der Waals surface area contributed by atoms with E-state index >= 15 is 0 Å². The molecular weight excluding hydrogens is 276 g/mol. The average molecular weight is 294 g/mol. The van der Waals surface area contributed by atoms with E-state index in [1.54, 1.807) is 19.1 Å². The summed E-state index contributed by atoms with van der Waals surface area (Å²) in [6.07, 6.45) is 0.789. The van der Waals surface area contributed by atoms with Crippen molar-refractivity contribution in [3.8, 4) is 5.88 Å². The lowest BCUT2D eigenvalue weighted by Crippen LogP contribution is -2.46. The molecule has 0 atom stereocenters. The number of amides is 1. The van der Waals surface area contributed by atoms with Gasteiger partial charge in [0, 0.05) is 6.07 Å². The van der Waals surface area contributed by atoms with Gasteiger partial charge in [0.1, 0.15) is 18.6 Å². The third kappa shape index (κ3) is 3.84. The minimum atomic E-state index is -0.916. The van der Waals surface area contributed by atoms with Crippen LogP contribution in [0.25, 0.3) is 0 Å². The Bertz CT molecular complexity index is 517. The van der Waals surface area contributed by atoms with Crippen molar-refractivity contribution in [2.75, 3.05) is 18.5 Å². The molecule has 0 aliphatic carbocycles. The van der Waals surface area contributed by atoms with Crippen molar-refractivity contribution in [1.82, 2.24) is 4.98 Å². The van der Waals surface area contributed by atoms with Gasteiger partial charge in [0.25, 0.3) is 0 Å². The predicted molar refractivity (Wildman–Crippen MR) is 74.0 cm³/mol. The van der Waals surface area contributed by atoms with Crippen LogP contribution in [0, 0.1) is 5.41 Å². The number of hydrogen-bond donors (Lipinski definition) is 1. The zero-order valence-corrected chi connectivity index (χ0v) is 12.2. The van der Waals surface area contributed by atoms with Gasteiger partial charge in [-0.3, -0.25) is 4.79 Å². The fourth-order valence-electron chi connectivity index (χ4n) is 1.70. The normalized spacial score (nSPS) is 16.9. The lowest BCUT2D eigenvalue weighted by Gasteiger charge is -2.30. The molecule has 7 nitrogen and oxygen atoms in total. The van der Waals surface area contributed by atoms with E-state index in [9.17, 15) is 9.59 Å². The molecule has 1 fully saturated rings. The second-order valence-electron chi connectivity index (χ2n) is 5.39. The molecule has 114 valence electrons. The van der Waals surface area contributed by atoms with E-state index in [2.05, 4.69) is 10.3 Å². The van der Waals surface area contributed by atoms with Gasteiger partial charge in [0.05, 0.1) is 18.0 Å². The number of nitrogens with zero attached hydrogens (tertiary/aromatic N) is 1. The molecule has 1 aromatic rings. The third-order valence-electron chi connectivity index (χ3n) is 2.92. The molecule has 0 saturated carbocycles. The van der Waals surface area contributed by atoms with Gasteiger partial charge in [-0.2, -0.15) is 0 Å². The van der Waals surface area contributed by atoms with E-state index in [4.69, 9.17) is 14.2 Å². The highest BCUT2D eigenvalue weighted by atomic mass is 16.7. The summed E-state index contributed by atoms with van der Waals surface area (Å²) in [5.74, 6) is 0.193. The Kier molecular flexibility index (Phi) is 4.30. The van der Waals surface area contributed by atoms with Crippen molar-refractivity contribution in [1.29, 1.82) is 0 Å². The molecule has 1 N–H and O–H groups in total. The Morgan fingerprint density at radius 1 is 1.38 bits per heavy atom. The van der Waals surface area contributed by atoms with Crippen molar-refractivity contribution < 1.29 is 23.8 Å². The van der Waals surface area contributed by atoms with Crippen LogP contribution in [0.3, 0.4) is 0 Å². The molecular formula is C14H18N2O5. The van der Waals surface area contributed by atoms with E-state index in [1.165, 1.54) is 6.20 Å². The number of ether oxygens (including phenoxy) is 3. The van der Waals surface area contributed by atoms with Crippen LogP contribution < -0.4 is 10.1 Å². The molecule has 1 aromatic heterocycles. The first-order valence-corrected chi connectivity index (χ1v) is 6.63. The highest BCUT2D eigenvalue weighted by Crippen LogP contribution is 2.24. The first-order chi connectivity index (χ1) is 9.89. The molecule has 0 unspecified atom stereocenters. The van der Waals surface area contributed by atoms with Crippen LogP contribution in [0.4, 0.5) is 10.5 Å². The van der Waals surface area contributed by atoms with Crippen LogP contribution in [0.2, 0.25) is 0 Å². The summed E-state index contributed by atoms with van der Waals surface area (Å²) >= 11 is 0. The average Bonchev–Trinajstić information content (AvgIpc) is 2.44. The molecule has 2 heterocycles. The summed E-state index contributed by atoms with van der Waals surface area (Å²) in [4.78, 5) is 27.2. The van der Waals surface area contributed by atoms with Crippen molar-refractivity contribution in [2.24, 2.45) is 5.41 Å². The number of nitrogens with one attached hydrogen (secondary N) is 1. The summed E-state index contributed by atoms with van der Waals surface area (Å²) in [7, 11) is 0. The van der Waals surface area contributed by atoms with Gasteiger partial charge in [-0.15, -0.1) is 0 Å². The molecule has 0 aromatic carbocycles. The monoisotopic (exact) mass is 294 g/mol. The van der Waals surface area contributed by atoms with Crippen molar-refractivity contribution >= 4 is 17.7 Å². The minimum absolute atomic E-state index is 0.0142. The van der Waals surface area contributed by atoms with Crippen LogP contribution in [0.1, 0.15) is 20.8 Å². The molecule has 0 bridgehead atoms. The highest BCUT2D eigenvalue weighted by Gasteiger charge is 2.40. The SMILES string of the molecule is CC(C)Oc1ccc(NC(=O)C2(C)COC(=O)OC2)cn1. The van der Waals surface area contributed by atoms with Crippen molar-refractivity contribution in [2.45, 2.75) is 26.9 Å². The Hall–Kier alpha value is -2.31. The number of pyridine rings is 1. The van der Waals surface area contributed by atoms with Gasteiger partial charge >= 0.3 is 6.16 Å². The maximum atomic E-state index is 12.2. The maximum Gasteiger partial charge on any atom is 0.508 e. The van der Waals surface area contributed by atoms with Crippen LogP contribution in [0.5, 0.6) is 5.88 Å². The largest absolute Gasteiger partial charge is 0.508 e. The van der Waals surface area contributed by atoms with E-state index in [-0.39, 0.29) is 25.2 Å². The summed E-state index contributed by atoms with van der Waals surface area (Å²) in [6.45, 7) is 5.45. The maximum absolute atomic E-state index is 12.2. The van der Waals surface area contributed by atoms with Crippen LogP contribution in [-0.4, -0.2) is 36.4 Å². The number of carbonyl (C=O) groups is 2. The summed E-state index contributed by atoms with van der Waals surface area (Å²) < 4.78 is 14.9. The first kappa shape index (κ1) is 15.1. The molecule has 2 rings (SSSR count). The standard InChI is InChI=1S/C14H18N2O5/c1-9(2)21-11-5-4-10(6-15-11)16-12(17)14(3)7-19-13(18)20-8-14/h4-6,9H,7-8H2,1-3H3,(H,16,17). The zero-order valence-electron chi connectivity index (χ0n) is 12.2.